The molecule has 0 heterocycles. The zero-order valence-corrected chi connectivity index (χ0v) is 11.9. The van der Waals surface area contributed by atoms with Gasteiger partial charge in [-0.2, -0.15) is 11.8 Å². The summed E-state index contributed by atoms with van der Waals surface area (Å²) in [5.41, 5.74) is 0.316. The molecule has 17 heavy (non-hydrogen) atoms. The second-order valence-corrected chi connectivity index (χ2v) is 6.53. The quantitative estimate of drug-likeness (QED) is 0.689. The molecule has 0 saturated carbocycles. The summed E-state index contributed by atoms with van der Waals surface area (Å²) < 4.78 is 0. The lowest BCUT2D eigenvalue weighted by molar-refractivity contribution is -0.141. The number of carboxylic acids is 1. The van der Waals surface area contributed by atoms with Gasteiger partial charge in [0.1, 0.15) is 6.04 Å². The third-order valence-electron chi connectivity index (χ3n) is 2.22. The van der Waals surface area contributed by atoms with Crippen LogP contribution in [0.3, 0.4) is 0 Å². The van der Waals surface area contributed by atoms with Crippen LogP contribution in [0, 0.1) is 5.41 Å². The Morgan fingerprint density at radius 2 is 1.88 bits per heavy atom. The van der Waals surface area contributed by atoms with Crippen molar-refractivity contribution in [2.45, 2.75) is 46.6 Å². The SMILES string of the molecule is CC(=O)NC(CCSCCC(C)(C)C)C(=O)O. The number of aliphatic carboxylic acids is 1. The number of carbonyl (C=O) groups is 2. The minimum atomic E-state index is -0.961. The van der Waals surface area contributed by atoms with Crippen molar-refractivity contribution in [3.05, 3.63) is 0 Å². The van der Waals surface area contributed by atoms with Gasteiger partial charge in [-0.05, 0) is 29.8 Å². The second kappa shape index (κ2) is 7.58. The van der Waals surface area contributed by atoms with Crippen LogP contribution in [0.15, 0.2) is 0 Å². The van der Waals surface area contributed by atoms with Crippen LogP contribution in [-0.2, 0) is 9.59 Å². The molecule has 0 aliphatic carbocycles. The largest absolute Gasteiger partial charge is 0.480 e. The minimum Gasteiger partial charge on any atom is -0.480 e. The van der Waals surface area contributed by atoms with Gasteiger partial charge in [0.05, 0.1) is 0 Å². The molecule has 0 aliphatic heterocycles. The van der Waals surface area contributed by atoms with Crippen molar-refractivity contribution in [1.82, 2.24) is 5.32 Å². The van der Waals surface area contributed by atoms with Gasteiger partial charge in [0.15, 0.2) is 0 Å². The highest BCUT2D eigenvalue weighted by Crippen LogP contribution is 2.21. The predicted octanol–water partition coefficient (Wildman–Crippen LogP) is 2.14. The molecule has 1 unspecified atom stereocenters. The molecule has 0 aromatic heterocycles. The number of carbonyl (C=O) groups excluding carboxylic acids is 1. The van der Waals surface area contributed by atoms with E-state index in [1.807, 2.05) is 0 Å². The van der Waals surface area contributed by atoms with E-state index in [1.54, 1.807) is 11.8 Å². The van der Waals surface area contributed by atoms with E-state index in [1.165, 1.54) is 6.92 Å². The number of hydrogen-bond acceptors (Lipinski definition) is 3. The summed E-state index contributed by atoms with van der Waals surface area (Å²) in [5, 5.41) is 11.3. The third kappa shape index (κ3) is 10.2. The van der Waals surface area contributed by atoms with E-state index in [9.17, 15) is 9.59 Å². The molecule has 0 rings (SSSR count). The average Bonchev–Trinajstić information content (AvgIpc) is 2.12. The van der Waals surface area contributed by atoms with Gasteiger partial charge in [-0.25, -0.2) is 4.79 Å². The number of hydrogen-bond donors (Lipinski definition) is 2. The van der Waals surface area contributed by atoms with Crippen LogP contribution in [0.4, 0.5) is 0 Å². The van der Waals surface area contributed by atoms with Crippen molar-refractivity contribution >= 4 is 23.6 Å². The molecule has 0 aliphatic rings. The number of nitrogens with one attached hydrogen (secondary N) is 1. The van der Waals surface area contributed by atoms with E-state index in [0.29, 0.717) is 11.8 Å². The lowest BCUT2D eigenvalue weighted by Crippen LogP contribution is -2.39. The van der Waals surface area contributed by atoms with E-state index in [-0.39, 0.29) is 5.91 Å². The van der Waals surface area contributed by atoms with Crippen molar-refractivity contribution in [2.24, 2.45) is 5.41 Å². The number of thioether (sulfide) groups is 1. The van der Waals surface area contributed by atoms with Crippen LogP contribution in [0.5, 0.6) is 0 Å². The van der Waals surface area contributed by atoms with Gasteiger partial charge in [-0.15, -0.1) is 0 Å². The monoisotopic (exact) mass is 261 g/mol. The molecule has 0 bridgehead atoms. The smallest absolute Gasteiger partial charge is 0.326 e. The van der Waals surface area contributed by atoms with Crippen molar-refractivity contribution in [1.29, 1.82) is 0 Å². The summed E-state index contributed by atoms with van der Waals surface area (Å²) in [5.74, 6) is 0.525. The van der Waals surface area contributed by atoms with Crippen molar-refractivity contribution in [3.8, 4) is 0 Å². The molecule has 0 radical (unpaired) electrons. The predicted molar refractivity (Wildman–Crippen MR) is 71.3 cm³/mol. The molecule has 5 heteroatoms. The summed E-state index contributed by atoms with van der Waals surface area (Å²) >= 11 is 1.74. The molecule has 0 aromatic rings. The third-order valence-corrected chi connectivity index (χ3v) is 3.24. The number of amides is 1. The fourth-order valence-electron chi connectivity index (χ4n) is 1.18. The van der Waals surface area contributed by atoms with Crippen LogP contribution in [-0.4, -0.2) is 34.5 Å². The summed E-state index contributed by atoms with van der Waals surface area (Å²) in [6.07, 6.45) is 1.58. The highest BCUT2D eigenvalue weighted by Gasteiger charge is 2.17. The van der Waals surface area contributed by atoms with Gasteiger partial charge in [-0.3, -0.25) is 4.79 Å². The van der Waals surface area contributed by atoms with Crippen LogP contribution in [0.2, 0.25) is 0 Å². The summed E-state index contributed by atoms with van der Waals surface area (Å²) in [4.78, 5) is 21.6. The van der Waals surface area contributed by atoms with E-state index in [4.69, 9.17) is 5.11 Å². The molecule has 0 saturated heterocycles. The van der Waals surface area contributed by atoms with Gasteiger partial charge >= 0.3 is 5.97 Å². The van der Waals surface area contributed by atoms with E-state index < -0.39 is 12.0 Å². The minimum absolute atomic E-state index is 0.294. The maximum absolute atomic E-state index is 10.8. The molecule has 0 aromatic carbocycles. The van der Waals surface area contributed by atoms with Gasteiger partial charge < -0.3 is 10.4 Å². The van der Waals surface area contributed by atoms with Crippen molar-refractivity contribution in [3.63, 3.8) is 0 Å². The van der Waals surface area contributed by atoms with Gasteiger partial charge in [0, 0.05) is 6.92 Å². The molecule has 100 valence electrons. The van der Waals surface area contributed by atoms with Crippen LogP contribution in [0.1, 0.15) is 40.5 Å². The average molecular weight is 261 g/mol. The van der Waals surface area contributed by atoms with Gasteiger partial charge in [-0.1, -0.05) is 20.8 Å². The first-order valence-electron chi connectivity index (χ1n) is 5.80. The highest BCUT2D eigenvalue weighted by atomic mass is 32.2. The second-order valence-electron chi connectivity index (χ2n) is 5.30. The van der Waals surface area contributed by atoms with E-state index in [2.05, 4.69) is 26.1 Å². The van der Waals surface area contributed by atoms with Crippen LogP contribution in [0.25, 0.3) is 0 Å². The topological polar surface area (TPSA) is 66.4 Å². The molecule has 0 spiro atoms. The fraction of sp³-hybridized carbons (Fsp3) is 0.833. The van der Waals surface area contributed by atoms with Crippen molar-refractivity contribution in [2.75, 3.05) is 11.5 Å². The molecule has 0 fully saturated rings. The Bertz CT molecular complexity index is 261. The normalized spacial score (nSPS) is 13.2. The molecule has 2 N–H and O–H groups in total. The van der Waals surface area contributed by atoms with Crippen molar-refractivity contribution < 1.29 is 14.7 Å². The summed E-state index contributed by atoms with van der Waals surface area (Å²) in [6, 6.07) is -0.755. The van der Waals surface area contributed by atoms with E-state index >= 15 is 0 Å². The first-order chi connectivity index (χ1) is 7.72. The number of carboxylic acid groups (broad SMARTS) is 1. The lowest BCUT2D eigenvalue weighted by Gasteiger charge is -2.18. The maximum atomic E-state index is 10.8. The summed E-state index contributed by atoms with van der Waals surface area (Å²) in [6.45, 7) is 7.89. The lowest BCUT2D eigenvalue weighted by atomic mass is 9.94. The highest BCUT2D eigenvalue weighted by molar-refractivity contribution is 7.99. The van der Waals surface area contributed by atoms with Crippen LogP contribution < -0.4 is 5.32 Å². The Labute approximate surface area is 108 Å². The first kappa shape index (κ1) is 16.3. The Morgan fingerprint density at radius 1 is 1.29 bits per heavy atom. The van der Waals surface area contributed by atoms with Gasteiger partial charge in [0.25, 0.3) is 0 Å². The standard InChI is InChI=1S/C12H23NO3S/c1-9(14)13-10(11(15)16)5-7-17-8-6-12(2,3)4/h10H,5-8H2,1-4H3,(H,13,14)(H,15,16). The fourth-order valence-corrected chi connectivity index (χ4v) is 2.55. The summed E-state index contributed by atoms with van der Waals surface area (Å²) in [7, 11) is 0. The Balaban J connectivity index is 3.76. The molecular formula is C12H23NO3S. The Hall–Kier alpha value is -0.710. The molecule has 1 atom stereocenters. The molecule has 4 nitrogen and oxygen atoms in total. The molecular weight excluding hydrogens is 238 g/mol. The molecule has 1 amide bonds. The first-order valence-corrected chi connectivity index (χ1v) is 6.95. The van der Waals surface area contributed by atoms with Crippen LogP contribution >= 0.6 is 11.8 Å². The zero-order chi connectivity index (χ0) is 13.5. The Kier molecular flexibility index (Phi) is 7.27. The number of rotatable bonds is 7. The maximum Gasteiger partial charge on any atom is 0.326 e. The van der Waals surface area contributed by atoms with Gasteiger partial charge in [0.2, 0.25) is 5.91 Å². The zero-order valence-electron chi connectivity index (χ0n) is 11.1. The van der Waals surface area contributed by atoms with E-state index in [0.717, 1.165) is 17.9 Å². The Morgan fingerprint density at radius 3 is 2.29 bits per heavy atom.